The van der Waals surface area contributed by atoms with Crippen molar-refractivity contribution in [2.45, 2.75) is 6.54 Å². The molecule has 0 aliphatic heterocycles. The maximum absolute atomic E-state index is 8.83. The second-order valence-corrected chi connectivity index (χ2v) is 4.94. The van der Waals surface area contributed by atoms with Crippen molar-refractivity contribution in [3.63, 3.8) is 0 Å². The lowest BCUT2D eigenvalue weighted by Crippen LogP contribution is -1.99. The first-order chi connectivity index (χ1) is 10.2. The predicted octanol–water partition coefficient (Wildman–Crippen LogP) is 3.62. The highest BCUT2D eigenvalue weighted by molar-refractivity contribution is 6.29. The minimum absolute atomic E-state index is 0.416. The number of methoxy groups -OCH3 is 1. The van der Waals surface area contributed by atoms with E-state index in [1.54, 1.807) is 19.2 Å². The molecule has 1 aromatic heterocycles. The van der Waals surface area contributed by atoms with Crippen molar-refractivity contribution >= 4 is 22.6 Å². The van der Waals surface area contributed by atoms with E-state index in [9.17, 15) is 0 Å². The highest BCUT2D eigenvalue weighted by Gasteiger charge is 2.12. The van der Waals surface area contributed by atoms with Crippen molar-refractivity contribution in [2.75, 3.05) is 7.11 Å². The summed E-state index contributed by atoms with van der Waals surface area (Å²) in [5, 5.41) is 9.24. The summed E-state index contributed by atoms with van der Waals surface area (Å²) in [6.45, 7) is 0.591. The number of halogens is 1. The highest BCUT2D eigenvalue weighted by Crippen LogP contribution is 2.28. The number of fused-ring (bicyclic) bond motifs is 1. The Hall–Kier alpha value is -2.51. The summed E-state index contributed by atoms with van der Waals surface area (Å²) >= 11 is 6.25. The van der Waals surface area contributed by atoms with Crippen molar-refractivity contribution < 1.29 is 4.74 Å². The molecule has 0 amide bonds. The number of ether oxygens (including phenoxy) is 1. The molecule has 0 aliphatic rings. The van der Waals surface area contributed by atoms with E-state index < -0.39 is 0 Å². The molecule has 1 heterocycles. The van der Waals surface area contributed by atoms with E-state index in [4.69, 9.17) is 21.6 Å². The Balaban J connectivity index is 2.04. The molecular weight excluding hydrogens is 286 g/mol. The third-order valence-corrected chi connectivity index (χ3v) is 3.63. The molecule has 0 spiro atoms. The zero-order valence-corrected chi connectivity index (χ0v) is 12.1. The molecule has 0 atom stereocenters. The number of para-hydroxylation sites is 1. The van der Waals surface area contributed by atoms with Crippen LogP contribution in [0.2, 0.25) is 5.28 Å². The summed E-state index contributed by atoms with van der Waals surface area (Å²) in [5.41, 5.74) is 3.36. The molecule has 5 heteroatoms. The minimum atomic E-state index is 0.416. The number of imidazole rings is 1. The van der Waals surface area contributed by atoms with Crippen molar-refractivity contribution in [3.8, 4) is 11.8 Å². The average molecular weight is 298 g/mol. The van der Waals surface area contributed by atoms with Crippen LogP contribution >= 0.6 is 11.6 Å². The molecule has 0 saturated heterocycles. The first kappa shape index (κ1) is 13.5. The molecule has 0 fully saturated rings. The average Bonchev–Trinajstić information content (AvgIpc) is 2.84. The fraction of sp³-hybridized carbons (Fsp3) is 0.125. The molecule has 0 aliphatic carbocycles. The monoisotopic (exact) mass is 297 g/mol. The van der Waals surface area contributed by atoms with Gasteiger partial charge >= 0.3 is 0 Å². The van der Waals surface area contributed by atoms with Crippen molar-refractivity contribution in [1.29, 1.82) is 5.26 Å². The van der Waals surface area contributed by atoms with E-state index in [1.165, 1.54) is 0 Å². The molecule has 4 nitrogen and oxygen atoms in total. The Labute approximate surface area is 127 Å². The number of nitrogens with zero attached hydrogens (tertiary/aromatic N) is 3. The number of hydrogen-bond acceptors (Lipinski definition) is 3. The standard InChI is InChI=1S/C16H12ClN3O/c1-21-14-4-2-3-13-15(14)19-16(17)20(13)10-12-7-5-11(9-18)6-8-12/h2-8H,10H2,1H3. The number of benzene rings is 2. The van der Waals surface area contributed by atoms with Gasteiger partial charge in [-0.3, -0.25) is 0 Å². The largest absolute Gasteiger partial charge is 0.494 e. The van der Waals surface area contributed by atoms with Gasteiger partial charge in [-0.05, 0) is 41.4 Å². The summed E-state index contributed by atoms with van der Waals surface area (Å²) in [7, 11) is 1.61. The Kier molecular flexibility index (Phi) is 3.51. The third kappa shape index (κ3) is 2.44. The smallest absolute Gasteiger partial charge is 0.204 e. The molecule has 0 radical (unpaired) electrons. The van der Waals surface area contributed by atoms with Gasteiger partial charge in [-0.1, -0.05) is 18.2 Å². The zero-order valence-electron chi connectivity index (χ0n) is 11.4. The van der Waals surface area contributed by atoms with Crippen LogP contribution in [-0.2, 0) is 6.54 Å². The molecule has 104 valence electrons. The normalized spacial score (nSPS) is 10.5. The van der Waals surface area contributed by atoms with Crippen molar-refractivity contribution in [1.82, 2.24) is 9.55 Å². The van der Waals surface area contributed by atoms with Gasteiger partial charge in [-0.2, -0.15) is 5.26 Å². The van der Waals surface area contributed by atoms with Gasteiger partial charge in [-0.15, -0.1) is 0 Å². The quantitative estimate of drug-likeness (QED) is 0.742. The van der Waals surface area contributed by atoms with Crippen LogP contribution in [0.5, 0.6) is 5.75 Å². The van der Waals surface area contributed by atoms with Crippen LogP contribution in [0.1, 0.15) is 11.1 Å². The van der Waals surface area contributed by atoms with Crippen LogP contribution in [0.15, 0.2) is 42.5 Å². The molecular formula is C16H12ClN3O. The van der Waals surface area contributed by atoms with Gasteiger partial charge in [0.1, 0.15) is 11.3 Å². The van der Waals surface area contributed by atoms with Crippen LogP contribution in [0.4, 0.5) is 0 Å². The maximum Gasteiger partial charge on any atom is 0.204 e. The second-order valence-electron chi connectivity index (χ2n) is 4.60. The van der Waals surface area contributed by atoms with Crippen LogP contribution < -0.4 is 4.74 Å². The molecule has 0 unspecified atom stereocenters. The third-order valence-electron chi connectivity index (χ3n) is 3.34. The number of hydrogen-bond donors (Lipinski definition) is 0. The van der Waals surface area contributed by atoms with Crippen LogP contribution in [0.3, 0.4) is 0 Å². The summed E-state index contributed by atoms with van der Waals surface area (Å²) in [6.07, 6.45) is 0. The van der Waals surface area contributed by atoms with E-state index in [2.05, 4.69) is 11.1 Å². The first-order valence-electron chi connectivity index (χ1n) is 6.40. The topological polar surface area (TPSA) is 50.8 Å². The summed E-state index contributed by atoms with van der Waals surface area (Å²) in [4.78, 5) is 4.36. The van der Waals surface area contributed by atoms with Gasteiger partial charge in [-0.25, -0.2) is 4.98 Å². The number of rotatable bonds is 3. The van der Waals surface area contributed by atoms with Crippen molar-refractivity contribution in [2.24, 2.45) is 0 Å². The van der Waals surface area contributed by atoms with Crippen molar-refractivity contribution in [3.05, 3.63) is 58.9 Å². The van der Waals surface area contributed by atoms with E-state index in [0.717, 1.165) is 16.6 Å². The van der Waals surface area contributed by atoms with Gasteiger partial charge in [0.25, 0.3) is 0 Å². The number of nitriles is 1. The minimum Gasteiger partial charge on any atom is -0.494 e. The lowest BCUT2D eigenvalue weighted by molar-refractivity contribution is 0.419. The van der Waals surface area contributed by atoms with E-state index >= 15 is 0 Å². The summed E-state index contributed by atoms with van der Waals surface area (Å²) in [6, 6.07) is 15.3. The van der Waals surface area contributed by atoms with E-state index in [-0.39, 0.29) is 0 Å². The molecule has 2 aromatic carbocycles. The van der Waals surface area contributed by atoms with Gasteiger partial charge in [0.2, 0.25) is 5.28 Å². The highest BCUT2D eigenvalue weighted by atomic mass is 35.5. The Morgan fingerprint density at radius 3 is 2.67 bits per heavy atom. The van der Waals surface area contributed by atoms with Gasteiger partial charge < -0.3 is 9.30 Å². The van der Waals surface area contributed by atoms with Gasteiger partial charge in [0.15, 0.2) is 0 Å². The molecule has 3 aromatic rings. The SMILES string of the molecule is COc1cccc2c1nc(Cl)n2Cc1ccc(C#N)cc1. The predicted molar refractivity (Wildman–Crippen MR) is 81.6 cm³/mol. The first-order valence-corrected chi connectivity index (χ1v) is 6.78. The summed E-state index contributed by atoms with van der Waals surface area (Å²) < 4.78 is 7.22. The Morgan fingerprint density at radius 2 is 2.00 bits per heavy atom. The van der Waals surface area contributed by atoms with Crippen LogP contribution in [0.25, 0.3) is 11.0 Å². The van der Waals surface area contributed by atoms with E-state index in [1.807, 2.05) is 34.9 Å². The van der Waals surface area contributed by atoms with E-state index in [0.29, 0.717) is 23.1 Å². The van der Waals surface area contributed by atoms with Gasteiger partial charge in [0, 0.05) is 0 Å². The molecule has 0 saturated carbocycles. The molecule has 3 rings (SSSR count). The lowest BCUT2D eigenvalue weighted by atomic mass is 10.1. The van der Waals surface area contributed by atoms with Crippen LogP contribution in [-0.4, -0.2) is 16.7 Å². The second kappa shape index (κ2) is 5.47. The number of aromatic nitrogens is 2. The maximum atomic E-state index is 8.83. The molecule has 0 bridgehead atoms. The fourth-order valence-electron chi connectivity index (χ4n) is 2.28. The molecule has 21 heavy (non-hydrogen) atoms. The lowest BCUT2D eigenvalue weighted by Gasteiger charge is -2.06. The Bertz CT molecular complexity index is 831. The Morgan fingerprint density at radius 1 is 1.24 bits per heavy atom. The molecule has 0 N–H and O–H groups in total. The van der Waals surface area contributed by atoms with Crippen LogP contribution in [0, 0.1) is 11.3 Å². The summed E-state index contributed by atoms with van der Waals surface area (Å²) in [5.74, 6) is 0.702. The zero-order chi connectivity index (χ0) is 14.8. The van der Waals surface area contributed by atoms with Gasteiger partial charge in [0.05, 0.1) is 30.8 Å². The fourth-order valence-corrected chi connectivity index (χ4v) is 2.51.